The standard InChI is InChI=1S/C6H11NO2/c1-3-5(4(2)7)6(8)9/h3,7H2,1-2H3,(H,8,9)/b5-4-. The molecule has 0 atom stereocenters. The van der Waals surface area contributed by atoms with Crippen LogP contribution in [0, 0.1) is 0 Å². The van der Waals surface area contributed by atoms with Crippen LogP contribution in [-0.2, 0) is 4.79 Å². The fourth-order valence-corrected chi connectivity index (χ4v) is 0.599. The van der Waals surface area contributed by atoms with E-state index in [9.17, 15) is 4.79 Å². The van der Waals surface area contributed by atoms with Gasteiger partial charge in [0.05, 0.1) is 5.57 Å². The first-order chi connectivity index (χ1) is 4.09. The van der Waals surface area contributed by atoms with Crippen molar-refractivity contribution < 1.29 is 9.90 Å². The maximum atomic E-state index is 10.2. The molecule has 3 N–H and O–H groups in total. The third kappa shape index (κ3) is 2.17. The molecule has 0 fully saturated rings. The van der Waals surface area contributed by atoms with Gasteiger partial charge in [-0.25, -0.2) is 4.79 Å². The van der Waals surface area contributed by atoms with Crippen molar-refractivity contribution in [1.29, 1.82) is 0 Å². The van der Waals surface area contributed by atoms with Crippen molar-refractivity contribution in [3.05, 3.63) is 11.3 Å². The summed E-state index contributed by atoms with van der Waals surface area (Å²) >= 11 is 0. The first kappa shape index (κ1) is 8.01. The van der Waals surface area contributed by atoms with Crippen LogP contribution in [0.3, 0.4) is 0 Å². The topological polar surface area (TPSA) is 63.3 Å². The summed E-state index contributed by atoms with van der Waals surface area (Å²) in [7, 11) is 0. The fraction of sp³-hybridized carbons (Fsp3) is 0.500. The summed E-state index contributed by atoms with van der Waals surface area (Å²) in [6.45, 7) is 3.35. The van der Waals surface area contributed by atoms with Crippen molar-refractivity contribution >= 4 is 5.97 Å². The molecule has 0 aromatic heterocycles. The fourth-order valence-electron chi connectivity index (χ4n) is 0.599. The zero-order chi connectivity index (χ0) is 7.44. The Balaban J connectivity index is 4.35. The van der Waals surface area contributed by atoms with Crippen molar-refractivity contribution in [3.63, 3.8) is 0 Å². The number of hydrogen-bond acceptors (Lipinski definition) is 2. The van der Waals surface area contributed by atoms with Crippen LogP contribution in [-0.4, -0.2) is 11.1 Å². The number of rotatable bonds is 2. The average Bonchev–Trinajstić information content (AvgIpc) is 1.64. The van der Waals surface area contributed by atoms with E-state index in [1.165, 1.54) is 0 Å². The minimum Gasteiger partial charge on any atom is -0.478 e. The Morgan fingerprint density at radius 1 is 1.67 bits per heavy atom. The zero-order valence-electron chi connectivity index (χ0n) is 5.64. The van der Waals surface area contributed by atoms with Gasteiger partial charge in [-0.15, -0.1) is 0 Å². The van der Waals surface area contributed by atoms with Gasteiger partial charge >= 0.3 is 5.97 Å². The van der Waals surface area contributed by atoms with Crippen LogP contribution in [0.5, 0.6) is 0 Å². The Labute approximate surface area is 54.2 Å². The lowest BCUT2D eigenvalue weighted by Gasteiger charge is -1.97. The molecule has 0 spiro atoms. The van der Waals surface area contributed by atoms with E-state index in [2.05, 4.69) is 0 Å². The second-order valence-corrected chi connectivity index (χ2v) is 1.82. The summed E-state index contributed by atoms with van der Waals surface area (Å²) < 4.78 is 0. The Bertz CT molecular complexity index is 145. The van der Waals surface area contributed by atoms with Crippen LogP contribution < -0.4 is 5.73 Å². The van der Waals surface area contributed by atoms with E-state index < -0.39 is 5.97 Å². The lowest BCUT2D eigenvalue weighted by atomic mass is 10.2. The van der Waals surface area contributed by atoms with Gasteiger partial charge < -0.3 is 10.8 Å². The van der Waals surface area contributed by atoms with Crippen LogP contribution in [0.1, 0.15) is 20.3 Å². The molecule has 0 amide bonds. The van der Waals surface area contributed by atoms with Gasteiger partial charge in [-0.3, -0.25) is 0 Å². The number of hydrogen-bond donors (Lipinski definition) is 2. The van der Waals surface area contributed by atoms with Crippen LogP contribution in [0.2, 0.25) is 0 Å². The van der Waals surface area contributed by atoms with Gasteiger partial charge in [0.25, 0.3) is 0 Å². The van der Waals surface area contributed by atoms with Crippen molar-refractivity contribution in [2.75, 3.05) is 0 Å². The van der Waals surface area contributed by atoms with Gasteiger partial charge in [0.1, 0.15) is 0 Å². The van der Waals surface area contributed by atoms with Gasteiger partial charge in [0.2, 0.25) is 0 Å². The molecule has 0 radical (unpaired) electrons. The normalized spacial score (nSPS) is 12.7. The van der Waals surface area contributed by atoms with Crippen LogP contribution in [0.15, 0.2) is 11.3 Å². The molecule has 0 aromatic carbocycles. The Morgan fingerprint density at radius 2 is 2.11 bits per heavy atom. The van der Waals surface area contributed by atoms with Crippen LogP contribution >= 0.6 is 0 Å². The molecule has 3 nitrogen and oxygen atoms in total. The van der Waals surface area contributed by atoms with Gasteiger partial charge in [0, 0.05) is 5.70 Å². The molecule has 0 aliphatic rings. The predicted molar refractivity (Wildman–Crippen MR) is 34.8 cm³/mol. The van der Waals surface area contributed by atoms with E-state index >= 15 is 0 Å². The summed E-state index contributed by atoms with van der Waals surface area (Å²) in [5.74, 6) is -0.919. The highest BCUT2D eigenvalue weighted by atomic mass is 16.4. The lowest BCUT2D eigenvalue weighted by molar-refractivity contribution is -0.132. The van der Waals surface area contributed by atoms with Gasteiger partial charge in [-0.1, -0.05) is 6.92 Å². The summed E-state index contributed by atoms with van der Waals surface area (Å²) in [5.41, 5.74) is 5.94. The Morgan fingerprint density at radius 3 is 2.11 bits per heavy atom. The molecule has 0 heterocycles. The minimum absolute atomic E-state index is 0.301. The highest BCUT2D eigenvalue weighted by Crippen LogP contribution is 2.02. The van der Waals surface area contributed by atoms with Crippen molar-refractivity contribution in [2.24, 2.45) is 5.73 Å². The SMILES string of the molecule is CC/C(C(=O)O)=C(\C)N. The number of nitrogens with two attached hydrogens (primary N) is 1. The lowest BCUT2D eigenvalue weighted by Crippen LogP contribution is -2.06. The largest absolute Gasteiger partial charge is 0.478 e. The van der Waals surface area contributed by atoms with E-state index in [4.69, 9.17) is 10.8 Å². The molecule has 0 aliphatic carbocycles. The number of carboxylic acids is 1. The molecule has 0 bridgehead atoms. The smallest absolute Gasteiger partial charge is 0.333 e. The minimum atomic E-state index is -0.919. The van der Waals surface area contributed by atoms with Gasteiger partial charge in [-0.2, -0.15) is 0 Å². The van der Waals surface area contributed by atoms with Gasteiger partial charge in [-0.05, 0) is 13.3 Å². The quantitative estimate of drug-likeness (QED) is 0.540. The molecule has 0 saturated carbocycles. The highest BCUT2D eigenvalue weighted by molar-refractivity contribution is 5.87. The summed E-state index contributed by atoms with van der Waals surface area (Å²) in [4.78, 5) is 10.2. The number of allylic oxidation sites excluding steroid dienone is 1. The highest BCUT2D eigenvalue weighted by Gasteiger charge is 2.05. The molecule has 3 heteroatoms. The zero-order valence-corrected chi connectivity index (χ0v) is 5.64. The molecule has 0 saturated heterocycles. The maximum absolute atomic E-state index is 10.2. The first-order valence-electron chi connectivity index (χ1n) is 2.78. The molecular weight excluding hydrogens is 118 g/mol. The monoisotopic (exact) mass is 129 g/mol. The summed E-state index contributed by atoms with van der Waals surface area (Å²) in [6, 6.07) is 0. The molecule has 9 heavy (non-hydrogen) atoms. The molecule has 0 aliphatic heterocycles. The molecule has 0 unspecified atom stereocenters. The molecule has 52 valence electrons. The van der Waals surface area contributed by atoms with E-state index in [1.54, 1.807) is 13.8 Å². The van der Waals surface area contributed by atoms with E-state index in [0.29, 0.717) is 17.7 Å². The van der Waals surface area contributed by atoms with Crippen LogP contribution in [0.25, 0.3) is 0 Å². The second kappa shape index (κ2) is 3.12. The summed E-state index contributed by atoms with van der Waals surface area (Å²) in [5, 5.41) is 8.41. The second-order valence-electron chi connectivity index (χ2n) is 1.82. The number of aliphatic carboxylic acids is 1. The molecule has 0 rings (SSSR count). The van der Waals surface area contributed by atoms with E-state index in [1.807, 2.05) is 0 Å². The van der Waals surface area contributed by atoms with Crippen LogP contribution in [0.4, 0.5) is 0 Å². The van der Waals surface area contributed by atoms with Crippen molar-refractivity contribution in [2.45, 2.75) is 20.3 Å². The maximum Gasteiger partial charge on any atom is 0.333 e. The Kier molecular flexibility index (Phi) is 2.78. The van der Waals surface area contributed by atoms with Crippen molar-refractivity contribution in [1.82, 2.24) is 0 Å². The molecule has 0 aromatic rings. The average molecular weight is 129 g/mol. The third-order valence-corrected chi connectivity index (χ3v) is 1.09. The van der Waals surface area contributed by atoms with E-state index in [0.717, 1.165) is 0 Å². The third-order valence-electron chi connectivity index (χ3n) is 1.09. The number of carboxylic acid groups (broad SMARTS) is 1. The van der Waals surface area contributed by atoms with Crippen molar-refractivity contribution in [3.8, 4) is 0 Å². The number of carbonyl (C=O) groups is 1. The first-order valence-corrected chi connectivity index (χ1v) is 2.78. The predicted octanol–water partition coefficient (Wildman–Crippen LogP) is 0.714. The molecular formula is C6H11NO2. The Hall–Kier alpha value is -0.990. The van der Waals surface area contributed by atoms with E-state index in [-0.39, 0.29) is 0 Å². The summed E-state index contributed by atoms with van der Waals surface area (Å²) in [6.07, 6.45) is 0.484. The van der Waals surface area contributed by atoms with Gasteiger partial charge in [0.15, 0.2) is 0 Å².